The molecule has 0 bridgehead atoms. The van der Waals surface area contributed by atoms with Crippen molar-refractivity contribution in [3.8, 4) is 0 Å². The summed E-state index contributed by atoms with van der Waals surface area (Å²) >= 11 is 0. The molecule has 0 saturated heterocycles. The number of ether oxygens (including phenoxy) is 1. The van der Waals surface area contributed by atoms with Crippen LogP contribution in [0.1, 0.15) is 53.5 Å². The fourth-order valence-corrected chi connectivity index (χ4v) is 3.88. The van der Waals surface area contributed by atoms with E-state index in [1.54, 1.807) is 0 Å². The van der Waals surface area contributed by atoms with Crippen LogP contribution in [0, 0.1) is 12.8 Å². The van der Waals surface area contributed by atoms with Gasteiger partial charge < -0.3 is 9.30 Å². The summed E-state index contributed by atoms with van der Waals surface area (Å²) < 4.78 is 7.34. The molecule has 0 N–H and O–H groups in total. The van der Waals surface area contributed by atoms with Crippen LogP contribution in [0.5, 0.6) is 0 Å². The van der Waals surface area contributed by atoms with E-state index in [2.05, 4.69) is 79.8 Å². The van der Waals surface area contributed by atoms with E-state index in [0.29, 0.717) is 24.1 Å². The predicted octanol–water partition coefficient (Wildman–Crippen LogP) is 5.68. The Kier molecular flexibility index (Phi) is 7.69. The standard InChI is InChI=1S/C27H34N2O2/c1-20(2)22(4)29(18-24-13-8-9-15-26(24)27(30)31-5)19-25-14-10-16-28(25)17-23-12-7-6-11-21(23)3/h6-16,20,22H,17-19H2,1-5H3. The van der Waals surface area contributed by atoms with Crippen molar-refractivity contribution in [3.05, 3.63) is 94.8 Å². The van der Waals surface area contributed by atoms with Crippen molar-refractivity contribution in [2.24, 2.45) is 5.92 Å². The maximum atomic E-state index is 12.3. The van der Waals surface area contributed by atoms with Gasteiger partial charge in [-0.25, -0.2) is 4.79 Å². The normalized spacial score (nSPS) is 12.4. The maximum absolute atomic E-state index is 12.3. The first kappa shape index (κ1) is 22.8. The minimum absolute atomic E-state index is 0.282. The lowest BCUT2D eigenvalue weighted by atomic mass is 10.0. The summed E-state index contributed by atoms with van der Waals surface area (Å²) in [6.45, 7) is 11.3. The number of nitrogens with zero attached hydrogens (tertiary/aromatic N) is 2. The second-order valence-corrected chi connectivity index (χ2v) is 8.59. The lowest BCUT2D eigenvalue weighted by Crippen LogP contribution is -2.36. The molecule has 0 aliphatic heterocycles. The second kappa shape index (κ2) is 10.5. The van der Waals surface area contributed by atoms with Crippen LogP contribution in [-0.4, -0.2) is 28.6 Å². The molecule has 0 aliphatic rings. The summed E-state index contributed by atoms with van der Waals surface area (Å²) in [7, 11) is 1.44. The molecule has 0 aliphatic carbocycles. The van der Waals surface area contributed by atoms with Crippen molar-refractivity contribution >= 4 is 5.97 Å². The first-order chi connectivity index (χ1) is 14.9. The molecule has 4 nitrogen and oxygen atoms in total. The predicted molar refractivity (Wildman–Crippen MR) is 126 cm³/mol. The zero-order valence-electron chi connectivity index (χ0n) is 19.3. The fourth-order valence-electron chi connectivity index (χ4n) is 3.88. The molecule has 0 spiro atoms. The first-order valence-electron chi connectivity index (χ1n) is 11.0. The van der Waals surface area contributed by atoms with Crippen molar-refractivity contribution in [2.45, 2.75) is 53.4 Å². The van der Waals surface area contributed by atoms with Crippen molar-refractivity contribution in [2.75, 3.05) is 7.11 Å². The Hall–Kier alpha value is -2.85. The molecule has 3 rings (SSSR count). The number of aromatic nitrogens is 1. The van der Waals surface area contributed by atoms with E-state index >= 15 is 0 Å². The van der Waals surface area contributed by atoms with E-state index in [1.165, 1.54) is 23.9 Å². The SMILES string of the molecule is COC(=O)c1ccccc1CN(Cc1cccn1Cc1ccccc1C)C(C)C(C)C. The molecule has 31 heavy (non-hydrogen) atoms. The number of hydrogen-bond donors (Lipinski definition) is 0. The van der Waals surface area contributed by atoms with Crippen LogP contribution in [0.3, 0.4) is 0 Å². The summed E-state index contributed by atoms with van der Waals surface area (Å²) in [5, 5.41) is 0. The third-order valence-electron chi connectivity index (χ3n) is 6.23. The van der Waals surface area contributed by atoms with Crippen LogP contribution >= 0.6 is 0 Å². The van der Waals surface area contributed by atoms with Gasteiger partial charge in [0.2, 0.25) is 0 Å². The Morgan fingerprint density at radius 3 is 2.29 bits per heavy atom. The molecule has 0 amide bonds. The monoisotopic (exact) mass is 418 g/mol. The summed E-state index contributed by atoms with van der Waals surface area (Å²) in [6, 6.07) is 21.0. The van der Waals surface area contributed by atoms with Gasteiger partial charge in [0.25, 0.3) is 0 Å². The molecule has 164 valence electrons. The van der Waals surface area contributed by atoms with E-state index < -0.39 is 0 Å². The van der Waals surface area contributed by atoms with E-state index in [1.807, 2.05) is 24.3 Å². The van der Waals surface area contributed by atoms with Crippen molar-refractivity contribution in [3.63, 3.8) is 0 Å². The van der Waals surface area contributed by atoms with Crippen LogP contribution in [0.4, 0.5) is 0 Å². The number of esters is 1. The van der Waals surface area contributed by atoms with Gasteiger partial charge in [-0.2, -0.15) is 0 Å². The van der Waals surface area contributed by atoms with Gasteiger partial charge in [0.05, 0.1) is 12.7 Å². The van der Waals surface area contributed by atoms with E-state index in [4.69, 9.17) is 4.74 Å². The zero-order valence-corrected chi connectivity index (χ0v) is 19.3. The quantitative estimate of drug-likeness (QED) is 0.419. The molecule has 0 saturated carbocycles. The van der Waals surface area contributed by atoms with E-state index in [9.17, 15) is 4.79 Å². The van der Waals surface area contributed by atoms with Gasteiger partial charge in [0.15, 0.2) is 0 Å². The molecule has 4 heteroatoms. The number of hydrogen-bond acceptors (Lipinski definition) is 3. The summed E-state index contributed by atoms with van der Waals surface area (Å²) in [5.41, 5.74) is 5.55. The summed E-state index contributed by atoms with van der Waals surface area (Å²) in [6.07, 6.45) is 2.16. The van der Waals surface area contributed by atoms with Crippen LogP contribution in [0.25, 0.3) is 0 Å². The maximum Gasteiger partial charge on any atom is 0.338 e. The van der Waals surface area contributed by atoms with Gasteiger partial charge in [0, 0.05) is 37.6 Å². The lowest BCUT2D eigenvalue weighted by molar-refractivity contribution is 0.0596. The third-order valence-corrected chi connectivity index (χ3v) is 6.23. The van der Waals surface area contributed by atoms with Crippen molar-refractivity contribution in [1.29, 1.82) is 0 Å². The number of carbonyl (C=O) groups is 1. The van der Waals surface area contributed by atoms with Crippen molar-refractivity contribution in [1.82, 2.24) is 9.47 Å². The topological polar surface area (TPSA) is 34.5 Å². The van der Waals surface area contributed by atoms with Crippen molar-refractivity contribution < 1.29 is 9.53 Å². The number of rotatable bonds is 9. The van der Waals surface area contributed by atoms with Gasteiger partial charge in [0.1, 0.15) is 0 Å². The number of carbonyl (C=O) groups excluding carboxylic acids is 1. The highest BCUT2D eigenvalue weighted by Crippen LogP contribution is 2.22. The number of methoxy groups -OCH3 is 1. The molecular weight excluding hydrogens is 384 g/mol. The lowest BCUT2D eigenvalue weighted by Gasteiger charge is -2.32. The minimum Gasteiger partial charge on any atom is -0.465 e. The van der Waals surface area contributed by atoms with Gasteiger partial charge in [-0.15, -0.1) is 0 Å². The fraction of sp³-hybridized carbons (Fsp3) is 0.370. The zero-order chi connectivity index (χ0) is 22.4. The third kappa shape index (κ3) is 5.65. The summed E-state index contributed by atoms with van der Waals surface area (Å²) in [5.74, 6) is 0.209. The minimum atomic E-state index is -0.282. The van der Waals surface area contributed by atoms with Gasteiger partial charge in [-0.05, 0) is 54.7 Å². The number of aryl methyl sites for hydroxylation is 1. The molecule has 1 unspecified atom stereocenters. The molecule has 1 aromatic heterocycles. The van der Waals surface area contributed by atoms with Crippen LogP contribution in [0.2, 0.25) is 0 Å². The second-order valence-electron chi connectivity index (χ2n) is 8.59. The molecule has 1 atom stereocenters. The largest absolute Gasteiger partial charge is 0.465 e. The highest BCUT2D eigenvalue weighted by molar-refractivity contribution is 5.90. The Labute approximate surface area is 186 Å². The number of benzene rings is 2. The average molecular weight is 419 g/mol. The van der Waals surface area contributed by atoms with Gasteiger partial charge >= 0.3 is 5.97 Å². The Balaban J connectivity index is 1.87. The van der Waals surface area contributed by atoms with E-state index in [-0.39, 0.29) is 5.97 Å². The molecule has 2 aromatic carbocycles. The smallest absolute Gasteiger partial charge is 0.338 e. The van der Waals surface area contributed by atoms with Crippen LogP contribution in [0.15, 0.2) is 66.9 Å². The molecule has 0 radical (unpaired) electrons. The highest BCUT2D eigenvalue weighted by atomic mass is 16.5. The highest BCUT2D eigenvalue weighted by Gasteiger charge is 2.22. The van der Waals surface area contributed by atoms with Crippen LogP contribution in [-0.2, 0) is 24.4 Å². The first-order valence-corrected chi connectivity index (χ1v) is 11.0. The molecule has 0 fully saturated rings. The Bertz CT molecular complexity index is 1010. The molecule has 1 heterocycles. The van der Waals surface area contributed by atoms with E-state index in [0.717, 1.165) is 18.7 Å². The Morgan fingerprint density at radius 1 is 0.935 bits per heavy atom. The molecule has 3 aromatic rings. The summed E-state index contributed by atoms with van der Waals surface area (Å²) in [4.78, 5) is 14.7. The van der Waals surface area contributed by atoms with Crippen LogP contribution < -0.4 is 0 Å². The molecular formula is C27H34N2O2. The average Bonchev–Trinajstić information content (AvgIpc) is 3.20. The van der Waals surface area contributed by atoms with Gasteiger partial charge in [-0.1, -0.05) is 56.3 Å². The Morgan fingerprint density at radius 2 is 1.61 bits per heavy atom. The van der Waals surface area contributed by atoms with Gasteiger partial charge in [-0.3, -0.25) is 4.90 Å².